The molecule has 2 N–H and O–H groups in total. The van der Waals surface area contributed by atoms with Gasteiger partial charge in [0.15, 0.2) is 0 Å². The Hall–Kier alpha value is -2.39. The lowest BCUT2D eigenvalue weighted by atomic mass is 10.2. The molecule has 0 atom stereocenters. The Morgan fingerprint density at radius 1 is 0.714 bits per heavy atom. The zero-order chi connectivity index (χ0) is 14.1. The molecule has 3 heteroatoms. The molecule has 2 nitrogen and oxygen atoms in total. The van der Waals surface area contributed by atoms with E-state index in [9.17, 15) is 0 Å². The van der Waals surface area contributed by atoms with Gasteiger partial charge < -0.3 is 10.6 Å². The Balaban J connectivity index is 1.73. The summed E-state index contributed by atoms with van der Waals surface area (Å²) in [7, 11) is 0. The monoisotopic (exact) mass is 290 g/mol. The Morgan fingerprint density at radius 2 is 1.48 bits per heavy atom. The van der Waals surface area contributed by atoms with Crippen LogP contribution in [0.2, 0.25) is 0 Å². The number of benzene rings is 3. The van der Waals surface area contributed by atoms with Gasteiger partial charge in [0.25, 0.3) is 0 Å². The van der Waals surface area contributed by atoms with E-state index in [1.54, 1.807) is 11.8 Å². The van der Waals surface area contributed by atoms with Crippen LogP contribution in [0.25, 0.3) is 0 Å². The van der Waals surface area contributed by atoms with Gasteiger partial charge in [-0.05, 0) is 36.4 Å². The van der Waals surface area contributed by atoms with E-state index in [4.69, 9.17) is 0 Å². The Labute approximate surface area is 128 Å². The van der Waals surface area contributed by atoms with E-state index < -0.39 is 0 Å². The molecule has 3 aromatic carbocycles. The fourth-order valence-corrected chi connectivity index (χ4v) is 3.46. The minimum absolute atomic E-state index is 1.09. The van der Waals surface area contributed by atoms with E-state index in [1.807, 2.05) is 18.2 Å². The fourth-order valence-electron chi connectivity index (χ4n) is 2.44. The molecular formula is C18H14N2S. The van der Waals surface area contributed by atoms with Crippen molar-refractivity contribution < 1.29 is 0 Å². The lowest BCUT2D eigenvalue weighted by molar-refractivity contribution is 1.31. The normalized spacial score (nSPS) is 12.0. The number of rotatable bonds is 2. The minimum atomic E-state index is 1.09. The van der Waals surface area contributed by atoms with Crippen LogP contribution in [0.4, 0.5) is 22.7 Å². The van der Waals surface area contributed by atoms with Gasteiger partial charge in [-0.2, -0.15) is 0 Å². The van der Waals surface area contributed by atoms with Crippen molar-refractivity contribution in [3.05, 3.63) is 72.8 Å². The standard InChI is InChI=1S/C18H14N2S/c1-2-7-13(8-3-1)19-15-10-6-12-17-18(15)20-14-9-4-5-11-16(14)21-17/h1-12,19-20H. The topological polar surface area (TPSA) is 24.1 Å². The maximum Gasteiger partial charge on any atom is 0.0765 e. The molecule has 3 aromatic rings. The van der Waals surface area contributed by atoms with E-state index in [0.717, 1.165) is 22.7 Å². The third-order valence-electron chi connectivity index (χ3n) is 3.45. The number of hydrogen-bond acceptors (Lipinski definition) is 3. The van der Waals surface area contributed by atoms with Gasteiger partial charge in [0.2, 0.25) is 0 Å². The van der Waals surface area contributed by atoms with Crippen LogP contribution in [0.3, 0.4) is 0 Å². The number of hydrogen-bond donors (Lipinski definition) is 2. The second-order valence-corrected chi connectivity index (χ2v) is 5.98. The average molecular weight is 290 g/mol. The summed E-state index contributed by atoms with van der Waals surface area (Å²) in [6.07, 6.45) is 0. The van der Waals surface area contributed by atoms with Crippen molar-refractivity contribution in [3.63, 3.8) is 0 Å². The first kappa shape index (κ1) is 12.4. The van der Waals surface area contributed by atoms with Crippen LogP contribution in [0.5, 0.6) is 0 Å². The molecule has 21 heavy (non-hydrogen) atoms. The molecule has 0 aromatic heterocycles. The summed E-state index contributed by atoms with van der Waals surface area (Å²) in [5.41, 5.74) is 4.50. The largest absolute Gasteiger partial charge is 0.354 e. The molecule has 1 heterocycles. The first-order valence-corrected chi connectivity index (χ1v) is 7.71. The maximum atomic E-state index is 3.55. The molecule has 0 saturated heterocycles. The van der Waals surface area contributed by atoms with Gasteiger partial charge in [0.1, 0.15) is 0 Å². The van der Waals surface area contributed by atoms with Gasteiger partial charge in [0.05, 0.1) is 17.1 Å². The molecule has 1 aliphatic heterocycles. The highest BCUT2D eigenvalue weighted by molar-refractivity contribution is 7.99. The Bertz CT molecular complexity index is 784. The molecule has 0 bridgehead atoms. The van der Waals surface area contributed by atoms with Crippen molar-refractivity contribution in [2.45, 2.75) is 9.79 Å². The van der Waals surface area contributed by atoms with Gasteiger partial charge in [-0.25, -0.2) is 0 Å². The molecule has 0 fully saturated rings. The van der Waals surface area contributed by atoms with Gasteiger partial charge in [0, 0.05) is 15.5 Å². The highest BCUT2D eigenvalue weighted by Gasteiger charge is 2.17. The second-order valence-electron chi connectivity index (χ2n) is 4.89. The Morgan fingerprint density at radius 3 is 2.38 bits per heavy atom. The molecule has 0 amide bonds. The number of anilines is 4. The molecule has 0 aliphatic carbocycles. The SMILES string of the molecule is c1ccc(Nc2cccc3c2Nc2ccccc2S3)cc1. The first-order chi connectivity index (χ1) is 10.4. The third-order valence-corrected chi connectivity index (χ3v) is 4.58. The van der Waals surface area contributed by atoms with Crippen LogP contribution >= 0.6 is 11.8 Å². The van der Waals surface area contributed by atoms with E-state index >= 15 is 0 Å². The predicted octanol–water partition coefficient (Wildman–Crippen LogP) is 5.64. The van der Waals surface area contributed by atoms with Crippen LogP contribution in [0.1, 0.15) is 0 Å². The van der Waals surface area contributed by atoms with Crippen molar-refractivity contribution >= 4 is 34.5 Å². The van der Waals surface area contributed by atoms with E-state index in [1.165, 1.54) is 9.79 Å². The summed E-state index contributed by atoms with van der Waals surface area (Å²) in [5, 5.41) is 7.03. The maximum absolute atomic E-state index is 3.55. The summed E-state index contributed by atoms with van der Waals surface area (Å²) in [6, 6.07) is 25.0. The van der Waals surface area contributed by atoms with Crippen LogP contribution in [-0.2, 0) is 0 Å². The van der Waals surface area contributed by atoms with E-state index in [0.29, 0.717) is 0 Å². The average Bonchev–Trinajstić information content (AvgIpc) is 2.54. The second kappa shape index (κ2) is 5.19. The van der Waals surface area contributed by atoms with Crippen molar-refractivity contribution in [1.82, 2.24) is 0 Å². The van der Waals surface area contributed by atoms with E-state index in [2.05, 4.69) is 65.2 Å². The number of nitrogens with one attached hydrogen (secondary N) is 2. The van der Waals surface area contributed by atoms with Crippen molar-refractivity contribution in [1.29, 1.82) is 0 Å². The molecular weight excluding hydrogens is 276 g/mol. The quantitative estimate of drug-likeness (QED) is 0.499. The number of para-hydroxylation sites is 3. The predicted molar refractivity (Wildman–Crippen MR) is 90.0 cm³/mol. The van der Waals surface area contributed by atoms with Crippen molar-refractivity contribution in [2.75, 3.05) is 10.6 Å². The van der Waals surface area contributed by atoms with Crippen LogP contribution in [-0.4, -0.2) is 0 Å². The summed E-state index contributed by atoms with van der Waals surface area (Å²) in [6.45, 7) is 0. The first-order valence-electron chi connectivity index (χ1n) is 6.89. The zero-order valence-corrected chi connectivity index (χ0v) is 12.2. The molecule has 0 unspecified atom stereocenters. The molecule has 0 saturated carbocycles. The lowest BCUT2D eigenvalue weighted by Crippen LogP contribution is -2.03. The molecule has 1 aliphatic rings. The molecule has 102 valence electrons. The summed E-state index contributed by atoms with van der Waals surface area (Å²) >= 11 is 1.80. The number of fused-ring (bicyclic) bond motifs is 2. The van der Waals surface area contributed by atoms with Crippen LogP contribution in [0, 0.1) is 0 Å². The molecule has 0 spiro atoms. The van der Waals surface area contributed by atoms with Gasteiger partial charge in [-0.1, -0.05) is 48.2 Å². The fraction of sp³-hybridized carbons (Fsp3) is 0. The van der Waals surface area contributed by atoms with E-state index in [-0.39, 0.29) is 0 Å². The lowest BCUT2D eigenvalue weighted by Gasteiger charge is -2.23. The molecule has 0 radical (unpaired) electrons. The minimum Gasteiger partial charge on any atom is -0.354 e. The highest BCUT2D eigenvalue weighted by Crippen LogP contribution is 2.47. The highest BCUT2D eigenvalue weighted by atomic mass is 32.2. The summed E-state index contributed by atoms with van der Waals surface area (Å²) < 4.78 is 0. The third kappa shape index (κ3) is 2.36. The smallest absolute Gasteiger partial charge is 0.0765 e. The van der Waals surface area contributed by atoms with Crippen molar-refractivity contribution in [3.8, 4) is 0 Å². The summed E-state index contributed by atoms with van der Waals surface area (Å²) in [4.78, 5) is 2.51. The van der Waals surface area contributed by atoms with Crippen LogP contribution in [0.15, 0.2) is 82.6 Å². The summed E-state index contributed by atoms with van der Waals surface area (Å²) in [5.74, 6) is 0. The van der Waals surface area contributed by atoms with Gasteiger partial charge in [-0.3, -0.25) is 0 Å². The van der Waals surface area contributed by atoms with Crippen LogP contribution < -0.4 is 10.6 Å². The molecule has 4 rings (SSSR count). The van der Waals surface area contributed by atoms with Gasteiger partial charge >= 0.3 is 0 Å². The van der Waals surface area contributed by atoms with Crippen molar-refractivity contribution in [2.24, 2.45) is 0 Å². The Kier molecular flexibility index (Phi) is 3.05. The zero-order valence-electron chi connectivity index (χ0n) is 11.3. The van der Waals surface area contributed by atoms with Gasteiger partial charge in [-0.15, -0.1) is 0 Å².